The van der Waals surface area contributed by atoms with Crippen LogP contribution in [0, 0.1) is 0 Å². The number of hydrogen-bond donors (Lipinski definition) is 1. The first kappa shape index (κ1) is 12.4. The Morgan fingerprint density at radius 2 is 1.90 bits per heavy atom. The molecule has 1 heterocycles. The summed E-state index contributed by atoms with van der Waals surface area (Å²) in [6.07, 6.45) is 0.995. The fourth-order valence-corrected chi connectivity index (χ4v) is 1.97. The van der Waals surface area contributed by atoms with Crippen LogP contribution in [0.15, 0.2) is 59.1 Å². The zero-order valence-corrected chi connectivity index (χ0v) is 11.2. The Labute approximate surface area is 117 Å². The predicted molar refractivity (Wildman–Crippen MR) is 78.8 cm³/mol. The summed E-state index contributed by atoms with van der Waals surface area (Å²) in [4.78, 5) is 4.34. The van der Waals surface area contributed by atoms with Crippen molar-refractivity contribution in [2.24, 2.45) is 0 Å². The van der Waals surface area contributed by atoms with E-state index in [9.17, 15) is 0 Å². The van der Waals surface area contributed by atoms with Gasteiger partial charge in [0.05, 0.1) is 0 Å². The van der Waals surface area contributed by atoms with Crippen molar-refractivity contribution in [1.82, 2.24) is 10.1 Å². The monoisotopic (exact) mass is 265 g/mol. The molecule has 20 heavy (non-hydrogen) atoms. The maximum atomic E-state index is 5.22. The number of aryl methyl sites for hydroxylation is 1. The highest BCUT2D eigenvalue weighted by Crippen LogP contribution is 2.20. The Morgan fingerprint density at radius 3 is 2.70 bits per heavy atom. The van der Waals surface area contributed by atoms with E-state index in [1.807, 2.05) is 42.5 Å². The number of anilines is 2. The molecule has 0 amide bonds. The number of hydrogen-bond acceptors (Lipinski definition) is 4. The second-order valence-corrected chi connectivity index (χ2v) is 4.47. The average Bonchev–Trinajstić information content (AvgIpc) is 2.97. The van der Waals surface area contributed by atoms with Crippen LogP contribution in [0.25, 0.3) is 11.4 Å². The standard InChI is InChI=1S/C16H15N3O/c1-2-12-7-6-10-14(11-12)17-16-18-15(19-20-16)13-8-4-3-5-9-13/h3-11H,2H2,1H3,(H,17,18,19). The van der Waals surface area contributed by atoms with Crippen LogP contribution in [0.2, 0.25) is 0 Å². The smallest absolute Gasteiger partial charge is 0.315 e. The molecule has 0 unspecified atom stereocenters. The minimum Gasteiger partial charge on any atom is -0.315 e. The number of aromatic nitrogens is 2. The lowest BCUT2D eigenvalue weighted by Gasteiger charge is -2.02. The summed E-state index contributed by atoms with van der Waals surface area (Å²) in [7, 11) is 0. The summed E-state index contributed by atoms with van der Waals surface area (Å²) in [5.74, 6) is 0.583. The van der Waals surface area contributed by atoms with Crippen LogP contribution in [0.5, 0.6) is 0 Å². The quantitative estimate of drug-likeness (QED) is 0.773. The predicted octanol–water partition coefficient (Wildman–Crippen LogP) is 4.04. The maximum absolute atomic E-state index is 5.22. The lowest BCUT2D eigenvalue weighted by atomic mass is 10.1. The van der Waals surface area contributed by atoms with Gasteiger partial charge in [-0.25, -0.2) is 0 Å². The number of benzene rings is 2. The third-order valence-corrected chi connectivity index (χ3v) is 3.04. The molecular weight excluding hydrogens is 250 g/mol. The lowest BCUT2D eigenvalue weighted by Crippen LogP contribution is -1.91. The van der Waals surface area contributed by atoms with Gasteiger partial charge in [0.1, 0.15) is 0 Å². The highest BCUT2D eigenvalue weighted by Gasteiger charge is 2.08. The van der Waals surface area contributed by atoms with Gasteiger partial charge in [-0.1, -0.05) is 54.5 Å². The molecule has 1 N–H and O–H groups in total. The highest BCUT2D eigenvalue weighted by atomic mass is 16.5. The average molecular weight is 265 g/mol. The molecule has 2 aromatic carbocycles. The Bertz CT molecular complexity index is 692. The van der Waals surface area contributed by atoms with Crippen molar-refractivity contribution in [2.45, 2.75) is 13.3 Å². The largest absolute Gasteiger partial charge is 0.326 e. The third-order valence-electron chi connectivity index (χ3n) is 3.04. The molecule has 1 aromatic heterocycles. The molecule has 0 spiro atoms. The highest BCUT2D eigenvalue weighted by molar-refractivity contribution is 5.58. The summed E-state index contributed by atoms with van der Waals surface area (Å²) in [5, 5.41) is 7.11. The number of nitrogens with zero attached hydrogens (tertiary/aromatic N) is 2. The topological polar surface area (TPSA) is 51.0 Å². The van der Waals surface area contributed by atoms with Gasteiger partial charge < -0.3 is 9.84 Å². The van der Waals surface area contributed by atoms with Crippen molar-refractivity contribution in [3.63, 3.8) is 0 Å². The molecule has 0 saturated carbocycles. The number of rotatable bonds is 4. The zero-order chi connectivity index (χ0) is 13.8. The minimum atomic E-state index is 0.400. The summed E-state index contributed by atoms with van der Waals surface area (Å²) in [6, 6.07) is 18.3. The Morgan fingerprint density at radius 1 is 1.05 bits per heavy atom. The fraction of sp³-hybridized carbons (Fsp3) is 0.125. The van der Waals surface area contributed by atoms with E-state index < -0.39 is 0 Å². The first-order chi connectivity index (χ1) is 9.85. The fourth-order valence-electron chi connectivity index (χ4n) is 1.97. The van der Waals surface area contributed by atoms with Crippen molar-refractivity contribution < 1.29 is 4.52 Å². The molecule has 100 valence electrons. The molecule has 4 heteroatoms. The zero-order valence-electron chi connectivity index (χ0n) is 11.2. The van der Waals surface area contributed by atoms with Crippen LogP contribution in [0.4, 0.5) is 11.7 Å². The van der Waals surface area contributed by atoms with Crippen molar-refractivity contribution in [3.8, 4) is 11.4 Å². The van der Waals surface area contributed by atoms with Crippen LogP contribution in [-0.2, 0) is 6.42 Å². The first-order valence-corrected chi connectivity index (χ1v) is 6.60. The Balaban J connectivity index is 1.80. The maximum Gasteiger partial charge on any atom is 0.326 e. The van der Waals surface area contributed by atoms with Gasteiger partial charge in [-0.15, -0.1) is 0 Å². The van der Waals surface area contributed by atoms with Gasteiger partial charge in [0.25, 0.3) is 0 Å². The second-order valence-electron chi connectivity index (χ2n) is 4.47. The second kappa shape index (κ2) is 5.57. The summed E-state index contributed by atoms with van der Waals surface area (Å²) < 4.78 is 5.22. The molecule has 0 fully saturated rings. The van der Waals surface area contributed by atoms with Gasteiger partial charge in [-0.05, 0) is 24.1 Å². The van der Waals surface area contributed by atoms with Crippen LogP contribution in [-0.4, -0.2) is 10.1 Å². The van der Waals surface area contributed by atoms with Crippen molar-refractivity contribution >= 4 is 11.7 Å². The molecule has 0 radical (unpaired) electrons. The van der Waals surface area contributed by atoms with Gasteiger partial charge in [0.2, 0.25) is 5.82 Å². The van der Waals surface area contributed by atoms with Gasteiger partial charge in [-0.3, -0.25) is 0 Å². The van der Waals surface area contributed by atoms with Gasteiger partial charge >= 0.3 is 6.01 Å². The molecule has 0 aliphatic rings. The van der Waals surface area contributed by atoms with E-state index in [1.54, 1.807) is 0 Å². The SMILES string of the molecule is CCc1cccc(Nc2nc(-c3ccccc3)no2)c1. The number of nitrogens with one attached hydrogen (secondary N) is 1. The van der Waals surface area contributed by atoms with Gasteiger partial charge in [0.15, 0.2) is 0 Å². The summed E-state index contributed by atoms with van der Waals surface area (Å²) in [6.45, 7) is 2.12. The molecule has 0 atom stereocenters. The molecule has 4 nitrogen and oxygen atoms in total. The molecule has 0 aliphatic heterocycles. The van der Waals surface area contributed by atoms with E-state index >= 15 is 0 Å². The Hall–Kier alpha value is -2.62. The molecule has 3 aromatic rings. The van der Waals surface area contributed by atoms with Crippen molar-refractivity contribution in [3.05, 3.63) is 60.2 Å². The normalized spacial score (nSPS) is 10.4. The lowest BCUT2D eigenvalue weighted by molar-refractivity contribution is 0.435. The molecule has 3 rings (SSSR count). The third kappa shape index (κ3) is 2.69. The first-order valence-electron chi connectivity index (χ1n) is 6.60. The summed E-state index contributed by atoms with van der Waals surface area (Å²) >= 11 is 0. The molecule has 0 bridgehead atoms. The van der Waals surface area contributed by atoms with E-state index in [-0.39, 0.29) is 0 Å². The van der Waals surface area contributed by atoms with Crippen molar-refractivity contribution in [1.29, 1.82) is 0 Å². The van der Waals surface area contributed by atoms with E-state index in [4.69, 9.17) is 4.52 Å². The molecular formula is C16H15N3O. The van der Waals surface area contributed by atoms with E-state index in [0.717, 1.165) is 17.7 Å². The van der Waals surface area contributed by atoms with E-state index in [0.29, 0.717) is 11.8 Å². The molecule has 0 saturated heterocycles. The van der Waals surface area contributed by atoms with Crippen LogP contribution >= 0.6 is 0 Å². The van der Waals surface area contributed by atoms with Crippen LogP contribution in [0.1, 0.15) is 12.5 Å². The molecule has 0 aliphatic carbocycles. The minimum absolute atomic E-state index is 0.400. The van der Waals surface area contributed by atoms with E-state index in [2.05, 4.69) is 34.5 Å². The Kier molecular flexibility index (Phi) is 3.46. The van der Waals surface area contributed by atoms with Gasteiger partial charge in [0, 0.05) is 11.3 Å². The summed E-state index contributed by atoms with van der Waals surface area (Å²) in [5.41, 5.74) is 3.15. The van der Waals surface area contributed by atoms with Crippen LogP contribution in [0.3, 0.4) is 0 Å². The van der Waals surface area contributed by atoms with Crippen LogP contribution < -0.4 is 5.32 Å². The van der Waals surface area contributed by atoms with E-state index in [1.165, 1.54) is 5.56 Å². The van der Waals surface area contributed by atoms with Crippen molar-refractivity contribution in [2.75, 3.05) is 5.32 Å². The van der Waals surface area contributed by atoms with Gasteiger partial charge in [-0.2, -0.15) is 4.98 Å².